The monoisotopic (exact) mass is 584 g/mol. The summed E-state index contributed by atoms with van der Waals surface area (Å²) in [5, 5.41) is 9.20. The van der Waals surface area contributed by atoms with E-state index >= 15 is 0 Å². The molecule has 0 amide bonds. The summed E-state index contributed by atoms with van der Waals surface area (Å²) in [6.45, 7) is 10.6. The molecule has 0 aromatic heterocycles. The molecule has 0 saturated heterocycles. The molecular formula is C22H26F3INO4S-. The summed E-state index contributed by atoms with van der Waals surface area (Å²) in [5.74, 6) is 0. The third-order valence-corrected chi connectivity index (χ3v) is 7.78. The van der Waals surface area contributed by atoms with Crippen LogP contribution in [-0.4, -0.2) is 21.0 Å². The van der Waals surface area contributed by atoms with Crippen LogP contribution in [0.4, 0.5) is 13.2 Å². The fourth-order valence-electron chi connectivity index (χ4n) is 2.26. The van der Waals surface area contributed by atoms with Crippen LogP contribution in [-0.2, 0) is 30.2 Å². The molecule has 0 aliphatic rings. The van der Waals surface area contributed by atoms with Crippen molar-refractivity contribution in [2.24, 2.45) is 0 Å². The maximum atomic E-state index is 11.2. The van der Waals surface area contributed by atoms with E-state index in [1.807, 2.05) is 13.8 Å². The fourth-order valence-corrected chi connectivity index (χ4v) is 4.67. The second kappa shape index (κ2) is 11.0. The summed E-state index contributed by atoms with van der Waals surface area (Å²) in [4.78, 5) is 3.33. The van der Waals surface area contributed by atoms with E-state index in [1.54, 1.807) is 0 Å². The molecule has 10 heteroatoms. The Bertz CT molecular complexity index is 1020. The number of nitriles is 1. The van der Waals surface area contributed by atoms with E-state index in [2.05, 4.69) is 84.6 Å². The van der Waals surface area contributed by atoms with Gasteiger partial charge >= 0.3 is 160 Å². The third kappa shape index (κ3) is 8.35. The Hall–Kier alpha value is -1.68. The molecule has 0 unspecified atom stereocenters. The quantitative estimate of drug-likeness (QED) is 0.234. The normalized spacial score (nSPS) is 12.6. The molecule has 0 bridgehead atoms. The van der Waals surface area contributed by atoms with Crippen LogP contribution >= 0.6 is 0 Å². The van der Waals surface area contributed by atoms with Gasteiger partial charge in [0.2, 0.25) is 0 Å². The van der Waals surface area contributed by atoms with Gasteiger partial charge in [0, 0.05) is 0 Å². The van der Waals surface area contributed by atoms with Gasteiger partial charge < -0.3 is 0 Å². The molecule has 2 aromatic carbocycles. The number of halogens is 4. The van der Waals surface area contributed by atoms with Gasteiger partial charge in [0.15, 0.2) is 0 Å². The Labute approximate surface area is 197 Å². The minimum absolute atomic E-state index is 0.158. The van der Waals surface area contributed by atoms with Crippen molar-refractivity contribution in [2.45, 2.75) is 51.0 Å². The number of alkyl halides is 3. The van der Waals surface area contributed by atoms with Crippen LogP contribution < -0.4 is 21.2 Å². The summed E-state index contributed by atoms with van der Waals surface area (Å²) in [5.41, 5.74) is -3.16. The van der Waals surface area contributed by atoms with E-state index in [-0.39, 0.29) is 26.6 Å². The average molecular weight is 584 g/mol. The van der Waals surface area contributed by atoms with Crippen molar-refractivity contribution in [3.8, 4) is 6.07 Å². The molecule has 0 radical (unpaired) electrons. The number of nitrogens with zero attached hydrogens (tertiary/aromatic N) is 1. The summed E-state index contributed by atoms with van der Waals surface area (Å²) >= 11 is -0.158. The first-order valence-electron chi connectivity index (χ1n) is 9.34. The number of hydrogen-bond acceptors (Lipinski definition) is 5. The topological polar surface area (TPSA) is 76.4 Å². The Kier molecular flexibility index (Phi) is 9.71. The number of rotatable bonds is 5. The fraction of sp³-hybridized carbons (Fsp3) is 0.409. The molecule has 0 atom stereocenters. The van der Waals surface area contributed by atoms with Crippen LogP contribution in [0.5, 0.6) is 0 Å². The van der Waals surface area contributed by atoms with Crippen LogP contribution in [0.15, 0.2) is 48.5 Å². The molecular weight excluding hydrogens is 558 g/mol. The van der Waals surface area contributed by atoms with E-state index in [4.69, 9.17) is 0 Å². The Morgan fingerprint density at radius 1 is 0.844 bits per heavy atom. The second-order valence-corrected chi connectivity index (χ2v) is 12.8. The SMILES string of the molecule is CC(C)(C)c1ccc([I-]c2ccc(C(C)(C)C#N)cc2)cc1.COOS(=O)(=O)C(F)(F)F. The first-order chi connectivity index (χ1) is 14.5. The van der Waals surface area contributed by atoms with Crippen molar-refractivity contribution in [3.63, 3.8) is 0 Å². The maximum Gasteiger partial charge on any atom is 0.525 e. The van der Waals surface area contributed by atoms with Crippen molar-refractivity contribution in [2.75, 3.05) is 7.11 Å². The van der Waals surface area contributed by atoms with Crippen LogP contribution in [0.1, 0.15) is 45.7 Å². The van der Waals surface area contributed by atoms with E-state index < -0.39 is 21.0 Å². The second-order valence-electron chi connectivity index (χ2n) is 8.23. The molecule has 0 heterocycles. The predicted molar refractivity (Wildman–Crippen MR) is 111 cm³/mol. The summed E-state index contributed by atoms with van der Waals surface area (Å²) < 4.78 is 59.0. The summed E-state index contributed by atoms with van der Waals surface area (Å²) in [7, 11) is -4.91. The maximum absolute atomic E-state index is 11.2. The van der Waals surface area contributed by atoms with Crippen LogP contribution in [0.25, 0.3) is 0 Å². The third-order valence-electron chi connectivity index (χ3n) is 4.21. The van der Waals surface area contributed by atoms with Gasteiger partial charge in [-0.25, -0.2) is 4.89 Å². The molecule has 0 fully saturated rings. The smallest absolute Gasteiger partial charge is 0.223 e. The van der Waals surface area contributed by atoms with Crippen LogP contribution in [0.3, 0.4) is 0 Å². The minimum atomic E-state index is -5.57. The van der Waals surface area contributed by atoms with Crippen molar-refractivity contribution in [3.05, 3.63) is 66.8 Å². The van der Waals surface area contributed by atoms with Crippen molar-refractivity contribution in [1.82, 2.24) is 0 Å². The van der Waals surface area contributed by atoms with Crippen molar-refractivity contribution >= 4 is 10.1 Å². The zero-order chi connectivity index (χ0) is 24.8. The number of hydrogen-bond donors (Lipinski definition) is 0. The Balaban J connectivity index is 0.000000433. The molecule has 2 rings (SSSR count). The van der Waals surface area contributed by atoms with Crippen molar-refractivity contribution < 1.29 is 52.0 Å². The molecule has 178 valence electrons. The predicted octanol–water partition coefficient (Wildman–Crippen LogP) is 2.33. The van der Waals surface area contributed by atoms with Gasteiger partial charge in [-0.15, -0.1) is 4.33 Å². The summed E-state index contributed by atoms with van der Waals surface area (Å²) in [6, 6.07) is 19.9. The molecule has 0 spiro atoms. The van der Waals surface area contributed by atoms with Gasteiger partial charge in [-0.2, -0.15) is 21.6 Å². The van der Waals surface area contributed by atoms with Crippen molar-refractivity contribution in [1.29, 1.82) is 5.26 Å². The van der Waals surface area contributed by atoms with E-state index in [0.29, 0.717) is 7.11 Å². The molecule has 32 heavy (non-hydrogen) atoms. The molecule has 0 aliphatic heterocycles. The molecule has 0 N–H and O–H groups in total. The van der Waals surface area contributed by atoms with Gasteiger partial charge in [-0.05, 0) is 0 Å². The molecule has 0 aliphatic carbocycles. The first-order valence-corrected chi connectivity index (χ1v) is 12.9. The minimum Gasteiger partial charge on any atom is -0.223 e. The van der Waals surface area contributed by atoms with Gasteiger partial charge in [0.1, 0.15) is 0 Å². The van der Waals surface area contributed by atoms with E-state index in [0.717, 1.165) is 5.56 Å². The zero-order valence-electron chi connectivity index (χ0n) is 18.6. The van der Waals surface area contributed by atoms with Crippen LogP contribution in [0.2, 0.25) is 0 Å². The molecule has 0 saturated carbocycles. The number of benzene rings is 2. The Morgan fingerprint density at radius 2 is 1.25 bits per heavy atom. The van der Waals surface area contributed by atoms with E-state index in [9.17, 15) is 26.9 Å². The molecule has 5 nitrogen and oxygen atoms in total. The average Bonchev–Trinajstić information content (AvgIpc) is 2.68. The molecule has 2 aromatic rings. The van der Waals surface area contributed by atoms with Gasteiger partial charge in [0.25, 0.3) is 0 Å². The zero-order valence-corrected chi connectivity index (χ0v) is 21.6. The first kappa shape index (κ1) is 28.4. The Morgan fingerprint density at radius 3 is 1.53 bits per heavy atom. The largest absolute Gasteiger partial charge is 0.525 e. The van der Waals surface area contributed by atoms with Gasteiger partial charge in [0.05, 0.1) is 7.11 Å². The standard InChI is InChI=1S/C20H23IN.C2H3F3O4S/c1-19(2,3)15-6-10-17(11-7-15)21-18-12-8-16(9-13-18)20(4,5)14-22;1-8-9-10(6,7)2(3,4)5/h6-13H,1-5H3;1H3/q-1;. The summed E-state index contributed by atoms with van der Waals surface area (Å²) in [6.07, 6.45) is 0. The van der Waals surface area contributed by atoms with E-state index in [1.165, 1.54) is 12.7 Å². The van der Waals surface area contributed by atoms with Crippen LogP contribution in [0, 0.1) is 18.5 Å². The van der Waals surface area contributed by atoms with Gasteiger partial charge in [-0.1, -0.05) is 0 Å². The van der Waals surface area contributed by atoms with Gasteiger partial charge in [-0.3, -0.25) is 0 Å².